The second-order valence-corrected chi connectivity index (χ2v) is 7.81. The van der Waals surface area contributed by atoms with Gasteiger partial charge in [-0.25, -0.2) is 4.79 Å². The lowest BCUT2D eigenvalue weighted by Gasteiger charge is -2.22. The van der Waals surface area contributed by atoms with Crippen LogP contribution in [-0.2, 0) is 4.79 Å². The van der Waals surface area contributed by atoms with Crippen LogP contribution < -0.4 is 10.1 Å². The molecule has 1 heterocycles. The first-order valence-electron chi connectivity index (χ1n) is 9.09. The fourth-order valence-electron chi connectivity index (χ4n) is 2.96. The van der Waals surface area contributed by atoms with Crippen LogP contribution in [0.1, 0.15) is 6.42 Å². The zero-order chi connectivity index (χ0) is 20.8. The molecule has 0 spiro atoms. The SMILES string of the molecule is O=C(COc1ccc(Cl)cc1Cl)N1CCCN(C(=O)Nc2cccc(Cl)c2)CC1. The highest BCUT2D eigenvalue weighted by Crippen LogP contribution is 2.27. The molecule has 29 heavy (non-hydrogen) atoms. The normalized spacial score (nSPS) is 14.3. The van der Waals surface area contributed by atoms with E-state index in [1.807, 2.05) is 0 Å². The molecule has 0 bridgehead atoms. The summed E-state index contributed by atoms with van der Waals surface area (Å²) in [6.45, 7) is 1.84. The van der Waals surface area contributed by atoms with Crippen LogP contribution in [0.3, 0.4) is 0 Å². The Bertz CT molecular complexity index is 894. The molecule has 2 aromatic carbocycles. The molecule has 1 N–H and O–H groups in total. The van der Waals surface area contributed by atoms with Gasteiger partial charge in [0.1, 0.15) is 5.75 Å². The average Bonchev–Trinajstić information content (AvgIpc) is 2.93. The van der Waals surface area contributed by atoms with Crippen molar-refractivity contribution in [2.45, 2.75) is 6.42 Å². The number of halogens is 3. The Morgan fingerprint density at radius 2 is 1.66 bits per heavy atom. The number of amides is 3. The van der Waals surface area contributed by atoms with Crippen molar-refractivity contribution in [2.75, 3.05) is 38.1 Å². The molecule has 6 nitrogen and oxygen atoms in total. The van der Waals surface area contributed by atoms with Gasteiger partial charge >= 0.3 is 6.03 Å². The molecule has 1 saturated heterocycles. The van der Waals surface area contributed by atoms with Gasteiger partial charge in [-0.1, -0.05) is 40.9 Å². The molecular formula is C20H20Cl3N3O3. The smallest absolute Gasteiger partial charge is 0.321 e. The van der Waals surface area contributed by atoms with Gasteiger partial charge in [0.05, 0.1) is 5.02 Å². The van der Waals surface area contributed by atoms with Crippen molar-refractivity contribution >= 4 is 52.4 Å². The lowest BCUT2D eigenvalue weighted by Crippen LogP contribution is -2.40. The Morgan fingerprint density at radius 1 is 0.931 bits per heavy atom. The number of ether oxygens (including phenoxy) is 1. The highest BCUT2D eigenvalue weighted by Gasteiger charge is 2.22. The summed E-state index contributed by atoms with van der Waals surface area (Å²) in [5.74, 6) is 0.245. The minimum absolute atomic E-state index is 0.129. The quantitative estimate of drug-likeness (QED) is 0.719. The lowest BCUT2D eigenvalue weighted by atomic mass is 10.3. The van der Waals surface area contributed by atoms with E-state index in [1.54, 1.807) is 52.3 Å². The van der Waals surface area contributed by atoms with Gasteiger partial charge in [-0.2, -0.15) is 0 Å². The van der Waals surface area contributed by atoms with Gasteiger partial charge in [0.15, 0.2) is 6.61 Å². The zero-order valence-corrected chi connectivity index (χ0v) is 17.8. The summed E-state index contributed by atoms with van der Waals surface area (Å²) in [7, 11) is 0. The van der Waals surface area contributed by atoms with Gasteiger partial charge in [0, 0.05) is 41.9 Å². The van der Waals surface area contributed by atoms with Crippen LogP contribution in [0, 0.1) is 0 Å². The Morgan fingerprint density at radius 3 is 2.41 bits per heavy atom. The fourth-order valence-corrected chi connectivity index (χ4v) is 3.62. The number of nitrogens with one attached hydrogen (secondary N) is 1. The van der Waals surface area contributed by atoms with E-state index in [0.29, 0.717) is 59.1 Å². The number of carbonyl (C=O) groups is 2. The summed E-state index contributed by atoms with van der Waals surface area (Å²) in [5, 5.41) is 4.23. The predicted octanol–water partition coefficient (Wildman–Crippen LogP) is 4.79. The van der Waals surface area contributed by atoms with E-state index < -0.39 is 0 Å². The summed E-state index contributed by atoms with van der Waals surface area (Å²) >= 11 is 17.9. The van der Waals surface area contributed by atoms with Crippen molar-refractivity contribution in [3.05, 3.63) is 57.5 Å². The molecule has 154 valence electrons. The maximum atomic E-state index is 12.5. The molecule has 0 unspecified atom stereocenters. The van der Waals surface area contributed by atoms with Crippen molar-refractivity contribution in [1.82, 2.24) is 9.80 Å². The molecule has 1 aliphatic heterocycles. The van der Waals surface area contributed by atoms with Crippen LogP contribution in [0.25, 0.3) is 0 Å². The Kier molecular flexibility index (Phi) is 7.47. The Labute approximate surface area is 184 Å². The van der Waals surface area contributed by atoms with E-state index in [9.17, 15) is 9.59 Å². The van der Waals surface area contributed by atoms with E-state index in [0.717, 1.165) is 0 Å². The Balaban J connectivity index is 1.50. The number of carbonyl (C=O) groups excluding carboxylic acids is 2. The third-order valence-electron chi connectivity index (χ3n) is 4.46. The maximum Gasteiger partial charge on any atom is 0.321 e. The van der Waals surface area contributed by atoms with Gasteiger partial charge < -0.3 is 19.9 Å². The number of benzene rings is 2. The summed E-state index contributed by atoms with van der Waals surface area (Å²) in [5.41, 5.74) is 0.632. The summed E-state index contributed by atoms with van der Waals surface area (Å²) in [4.78, 5) is 28.4. The van der Waals surface area contributed by atoms with E-state index in [-0.39, 0.29) is 18.5 Å². The van der Waals surface area contributed by atoms with Gasteiger partial charge in [0.25, 0.3) is 5.91 Å². The zero-order valence-electron chi connectivity index (χ0n) is 15.5. The van der Waals surface area contributed by atoms with E-state index in [1.165, 1.54) is 0 Å². The average molecular weight is 457 g/mol. The van der Waals surface area contributed by atoms with Crippen LogP contribution in [0.5, 0.6) is 5.75 Å². The van der Waals surface area contributed by atoms with Gasteiger partial charge in [-0.05, 0) is 42.8 Å². The first kappa shape index (κ1) is 21.6. The third kappa shape index (κ3) is 6.16. The van der Waals surface area contributed by atoms with Crippen LogP contribution in [0.2, 0.25) is 15.1 Å². The highest BCUT2D eigenvalue weighted by atomic mass is 35.5. The summed E-state index contributed by atoms with van der Waals surface area (Å²) < 4.78 is 5.52. The van der Waals surface area contributed by atoms with Crippen molar-refractivity contribution in [1.29, 1.82) is 0 Å². The monoisotopic (exact) mass is 455 g/mol. The number of nitrogens with zero attached hydrogens (tertiary/aromatic N) is 2. The first-order chi connectivity index (χ1) is 13.9. The van der Waals surface area contributed by atoms with Crippen LogP contribution >= 0.6 is 34.8 Å². The first-order valence-corrected chi connectivity index (χ1v) is 10.2. The van der Waals surface area contributed by atoms with Crippen LogP contribution in [0.15, 0.2) is 42.5 Å². The van der Waals surface area contributed by atoms with E-state index in [4.69, 9.17) is 39.5 Å². The highest BCUT2D eigenvalue weighted by molar-refractivity contribution is 6.35. The molecule has 3 rings (SSSR count). The summed E-state index contributed by atoms with van der Waals surface area (Å²) in [6.07, 6.45) is 0.677. The molecule has 1 aliphatic rings. The number of anilines is 1. The van der Waals surface area contributed by atoms with Crippen molar-refractivity contribution in [3.8, 4) is 5.75 Å². The van der Waals surface area contributed by atoms with Gasteiger partial charge in [0.2, 0.25) is 0 Å². The number of rotatable bonds is 4. The molecule has 0 radical (unpaired) electrons. The topological polar surface area (TPSA) is 61.9 Å². The van der Waals surface area contributed by atoms with Gasteiger partial charge in [-0.15, -0.1) is 0 Å². The van der Waals surface area contributed by atoms with E-state index >= 15 is 0 Å². The van der Waals surface area contributed by atoms with E-state index in [2.05, 4.69) is 5.32 Å². The molecule has 2 aromatic rings. The molecule has 0 aliphatic carbocycles. The number of urea groups is 1. The molecule has 3 amide bonds. The van der Waals surface area contributed by atoms with Crippen molar-refractivity contribution < 1.29 is 14.3 Å². The molecule has 9 heteroatoms. The van der Waals surface area contributed by atoms with Gasteiger partial charge in [-0.3, -0.25) is 4.79 Å². The largest absolute Gasteiger partial charge is 0.482 e. The standard InChI is InChI=1S/C20H20Cl3N3O3/c21-14-3-1-4-16(11-14)24-20(28)26-8-2-7-25(9-10-26)19(27)13-29-18-6-5-15(22)12-17(18)23/h1,3-6,11-12H,2,7-10,13H2,(H,24,28). The number of hydrogen-bond donors (Lipinski definition) is 1. The predicted molar refractivity (Wildman–Crippen MR) is 115 cm³/mol. The fraction of sp³-hybridized carbons (Fsp3) is 0.300. The molecule has 1 fully saturated rings. The maximum absolute atomic E-state index is 12.5. The minimum atomic E-state index is -0.217. The third-order valence-corrected chi connectivity index (χ3v) is 5.22. The van der Waals surface area contributed by atoms with Crippen LogP contribution in [0.4, 0.5) is 10.5 Å². The van der Waals surface area contributed by atoms with Crippen LogP contribution in [-0.4, -0.2) is 54.5 Å². The second kappa shape index (κ2) is 10.1. The molecule has 0 atom stereocenters. The second-order valence-electron chi connectivity index (χ2n) is 6.53. The van der Waals surface area contributed by atoms with Crippen molar-refractivity contribution in [2.24, 2.45) is 0 Å². The molecule has 0 aromatic heterocycles. The molecular weight excluding hydrogens is 437 g/mol. The number of hydrogen-bond acceptors (Lipinski definition) is 3. The van der Waals surface area contributed by atoms with Crippen molar-refractivity contribution in [3.63, 3.8) is 0 Å². The Hall–Kier alpha value is -2.15. The lowest BCUT2D eigenvalue weighted by molar-refractivity contribution is -0.133. The summed E-state index contributed by atoms with van der Waals surface area (Å²) in [6, 6.07) is 11.6. The molecule has 0 saturated carbocycles. The minimum Gasteiger partial charge on any atom is -0.482 e.